The minimum Gasteiger partial charge on any atom is -0.334 e. The number of carbonyl (C=O) groups is 1. The summed E-state index contributed by atoms with van der Waals surface area (Å²) in [5.41, 5.74) is 2.56. The van der Waals surface area contributed by atoms with Crippen LogP contribution in [0, 0.1) is 5.82 Å². The van der Waals surface area contributed by atoms with Crippen LogP contribution in [-0.2, 0) is 39.9 Å². The molecule has 0 atom stereocenters. The van der Waals surface area contributed by atoms with Crippen molar-refractivity contribution < 1.29 is 17.6 Å². The van der Waals surface area contributed by atoms with E-state index in [1.54, 1.807) is 10.6 Å². The Bertz CT molecular complexity index is 1480. The number of aromatic nitrogens is 2. The van der Waals surface area contributed by atoms with Crippen molar-refractivity contribution in [2.45, 2.75) is 49.3 Å². The van der Waals surface area contributed by atoms with Gasteiger partial charge in [0.25, 0.3) is 0 Å². The third-order valence-electron chi connectivity index (χ3n) is 6.51. The Kier molecular flexibility index (Phi) is 7.19. The zero-order chi connectivity index (χ0) is 25.8. The van der Waals surface area contributed by atoms with Gasteiger partial charge in [-0.1, -0.05) is 78.9 Å². The Balaban J connectivity index is 1.47. The number of halogens is 1. The van der Waals surface area contributed by atoms with E-state index in [4.69, 9.17) is 0 Å². The van der Waals surface area contributed by atoms with Crippen molar-refractivity contribution in [2.24, 2.45) is 0 Å². The molecule has 37 heavy (non-hydrogen) atoms. The fraction of sp³-hybridized carbons (Fsp3) is 0.241. The summed E-state index contributed by atoms with van der Waals surface area (Å²) >= 11 is 0. The highest BCUT2D eigenvalue weighted by Crippen LogP contribution is 2.30. The molecule has 1 amide bonds. The van der Waals surface area contributed by atoms with E-state index in [0.717, 1.165) is 24.0 Å². The molecule has 1 saturated carbocycles. The standard InChI is InChI=1S/C29H28FN3O3S/c30-27-14-8-7-13-24(27)21-37(35,36)29-31-18-26(33(29)19-23-11-5-2-6-12-23)20-32(25-15-16-25)28(34)17-22-9-3-1-4-10-22/h1-14,18,25H,15-17,19-21H2. The molecule has 0 unspecified atom stereocenters. The van der Waals surface area contributed by atoms with Gasteiger partial charge >= 0.3 is 0 Å². The third-order valence-corrected chi connectivity index (χ3v) is 8.08. The second kappa shape index (κ2) is 10.7. The Hall–Kier alpha value is -3.78. The summed E-state index contributed by atoms with van der Waals surface area (Å²) in [6.45, 7) is 0.527. The highest BCUT2D eigenvalue weighted by molar-refractivity contribution is 7.90. The second-order valence-electron chi connectivity index (χ2n) is 9.37. The molecule has 0 aliphatic heterocycles. The Morgan fingerprint density at radius 1 is 0.919 bits per heavy atom. The van der Waals surface area contributed by atoms with Crippen LogP contribution in [0.2, 0.25) is 0 Å². The molecular formula is C29H28FN3O3S. The largest absolute Gasteiger partial charge is 0.334 e. The molecule has 0 N–H and O–H groups in total. The van der Waals surface area contributed by atoms with Crippen LogP contribution in [0.4, 0.5) is 4.39 Å². The second-order valence-corrected chi connectivity index (χ2v) is 11.3. The van der Waals surface area contributed by atoms with Gasteiger partial charge in [0.05, 0.1) is 37.2 Å². The first-order valence-corrected chi connectivity index (χ1v) is 13.9. The van der Waals surface area contributed by atoms with E-state index < -0.39 is 21.4 Å². The van der Waals surface area contributed by atoms with Gasteiger partial charge in [0.2, 0.25) is 20.9 Å². The van der Waals surface area contributed by atoms with E-state index >= 15 is 0 Å². The molecule has 190 valence electrons. The topological polar surface area (TPSA) is 72.3 Å². The van der Waals surface area contributed by atoms with Gasteiger partial charge in [-0.3, -0.25) is 4.79 Å². The van der Waals surface area contributed by atoms with Gasteiger partial charge in [-0.05, 0) is 30.0 Å². The number of benzene rings is 3. The summed E-state index contributed by atoms with van der Waals surface area (Å²) in [6, 6.07) is 25.1. The average Bonchev–Trinajstić information content (AvgIpc) is 3.65. The first-order valence-electron chi connectivity index (χ1n) is 12.3. The lowest BCUT2D eigenvalue weighted by Crippen LogP contribution is -2.34. The van der Waals surface area contributed by atoms with Crippen molar-refractivity contribution >= 4 is 15.7 Å². The number of hydrogen-bond donors (Lipinski definition) is 0. The number of rotatable bonds is 10. The van der Waals surface area contributed by atoms with Crippen LogP contribution in [0.25, 0.3) is 0 Å². The molecule has 1 aliphatic carbocycles. The first-order chi connectivity index (χ1) is 17.9. The summed E-state index contributed by atoms with van der Waals surface area (Å²) < 4.78 is 42.8. The van der Waals surface area contributed by atoms with Gasteiger partial charge in [0.15, 0.2) is 0 Å². The van der Waals surface area contributed by atoms with E-state index in [1.165, 1.54) is 24.4 Å². The number of hydrogen-bond acceptors (Lipinski definition) is 4. The summed E-state index contributed by atoms with van der Waals surface area (Å²) in [5, 5.41) is -0.124. The summed E-state index contributed by atoms with van der Waals surface area (Å²) in [7, 11) is -3.97. The Morgan fingerprint density at radius 3 is 2.19 bits per heavy atom. The molecule has 3 aromatic carbocycles. The maximum absolute atomic E-state index is 14.3. The lowest BCUT2D eigenvalue weighted by molar-refractivity contribution is -0.131. The predicted molar refractivity (Wildman–Crippen MR) is 139 cm³/mol. The summed E-state index contributed by atoms with van der Waals surface area (Å²) in [6.07, 6.45) is 3.66. The molecule has 1 heterocycles. The van der Waals surface area contributed by atoms with Gasteiger partial charge in [-0.2, -0.15) is 0 Å². The minimum atomic E-state index is -3.97. The smallest absolute Gasteiger partial charge is 0.228 e. The zero-order valence-electron chi connectivity index (χ0n) is 20.3. The first kappa shape index (κ1) is 24.9. The molecular weight excluding hydrogens is 489 g/mol. The molecule has 0 bridgehead atoms. The van der Waals surface area contributed by atoms with Gasteiger partial charge in [0.1, 0.15) is 5.82 Å². The lowest BCUT2D eigenvalue weighted by Gasteiger charge is -2.24. The quantitative estimate of drug-likeness (QED) is 0.304. The van der Waals surface area contributed by atoms with E-state index in [1.807, 2.05) is 65.6 Å². The molecule has 1 fully saturated rings. The average molecular weight is 518 g/mol. The molecule has 8 heteroatoms. The van der Waals surface area contributed by atoms with E-state index in [0.29, 0.717) is 5.69 Å². The van der Waals surface area contributed by atoms with Gasteiger partial charge in [0, 0.05) is 11.6 Å². The SMILES string of the molecule is O=C(Cc1ccccc1)N(Cc1cnc(S(=O)(=O)Cc2ccccc2F)n1Cc1ccccc1)C1CC1. The molecule has 0 radical (unpaired) electrons. The predicted octanol–water partition coefficient (Wildman–Crippen LogP) is 4.78. The van der Waals surface area contributed by atoms with Crippen molar-refractivity contribution in [3.63, 3.8) is 0 Å². The maximum Gasteiger partial charge on any atom is 0.228 e. The van der Waals surface area contributed by atoms with E-state index in [9.17, 15) is 17.6 Å². The lowest BCUT2D eigenvalue weighted by atomic mass is 10.1. The van der Waals surface area contributed by atoms with E-state index in [2.05, 4.69) is 4.98 Å². The van der Waals surface area contributed by atoms with Gasteiger partial charge < -0.3 is 9.47 Å². The molecule has 1 aromatic heterocycles. The number of imidazole rings is 1. The summed E-state index contributed by atoms with van der Waals surface area (Å²) in [4.78, 5) is 19.4. The maximum atomic E-state index is 14.3. The van der Waals surface area contributed by atoms with Crippen molar-refractivity contribution in [1.82, 2.24) is 14.5 Å². The Labute approximate surface area is 216 Å². The highest BCUT2D eigenvalue weighted by Gasteiger charge is 2.34. The highest BCUT2D eigenvalue weighted by atomic mass is 32.2. The zero-order valence-corrected chi connectivity index (χ0v) is 21.1. The fourth-order valence-corrected chi connectivity index (χ4v) is 5.94. The molecule has 5 rings (SSSR count). The third kappa shape index (κ3) is 5.97. The monoisotopic (exact) mass is 517 g/mol. The number of nitrogens with zero attached hydrogens (tertiary/aromatic N) is 3. The van der Waals surface area contributed by atoms with Gasteiger partial charge in [-0.15, -0.1) is 0 Å². The number of sulfone groups is 1. The van der Waals surface area contributed by atoms with Crippen LogP contribution in [0.3, 0.4) is 0 Å². The van der Waals surface area contributed by atoms with Crippen molar-refractivity contribution in [1.29, 1.82) is 0 Å². The number of carbonyl (C=O) groups excluding carboxylic acids is 1. The van der Waals surface area contributed by atoms with Crippen molar-refractivity contribution in [2.75, 3.05) is 0 Å². The van der Waals surface area contributed by atoms with Crippen LogP contribution >= 0.6 is 0 Å². The molecule has 6 nitrogen and oxygen atoms in total. The molecule has 1 aliphatic rings. The van der Waals surface area contributed by atoms with Crippen LogP contribution < -0.4 is 0 Å². The minimum absolute atomic E-state index is 0.00285. The van der Waals surface area contributed by atoms with Crippen LogP contribution in [0.1, 0.15) is 35.2 Å². The molecule has 4 aromatic rings. The van der Waals surface area contributed by atoms with E-state index in [-0.39, 0.29) is 42.2 Å². The Morgan fingerprint density at radius 2 is 1.54 bits per heavy atom. The van der Waals surface area contributed by atoms with Crippen LogP contribution in [0.5, 0.6) is 0 Å². The summed E-state index contributed by atoms with van der Waals surface area (Å²) in [5.74, 6) is -1.07. The fourth-order valence-electron chi connectivity index (χ4n) is 4.44. The normalized spacial score (nSPS) is 13.4. The van der Waals surface area contributed by atoms with Crippen LogP contribution in [0.15, 0.2) is 96.3 Å². The molecule has 0 saturated heterocycles. The van der Waals surface area contributed by atoms with Crippen molar-refractivity contribution in [3.8, 4) is 0 Å². The van der Waals surface area contributed by atoms with Gasteiger partial charge in [-0.25, -0.2) is 17.8 Å². The molecule has 0 spiro atoms. The van der Waals surface area contributed by atoms with Crippen LogP contribution in [-0.4, -0.2) is 34.8 Å². The van der Waals surface area contributed by atoms with Crippen molar-refractivity contribution in [3.05, 3.63) is 119 Å². The number of amides is 1.